The summed E-state index contributed by atoms with van der Waals surface area (Å²) in [6, 6.07) is 0.551. The molecule has 0 spiro atoms. The van der Waals surface area contributed by atoms with Gasteiger partial charge in [-0.05, 0) is 6.92 Å². The van der Waals surface area contributed by atoms with Crippen molar-refractivity contribution in [1.82, 2.24) is 4.90 Å². The third-order valence-electron chi connectivity index (χ3n) is 2.10. The highest BCUT2D eigenvalue weighted by atomic mass is 79.9. The van der Waals surface area contributed by atoms with E-state index in [2.05, 4.69) is 39.9 Å². The molecule has 1 aliphatic heterocycles. The molecule has 3 heteroatoms. The first-order valence-electron chi connectivity index (χ1n) is 4.37. The van der Waals surface area contributed by atoms with Crippen molar-refractivity contribution in [2.45, 2.75) is 13.0 Å². The van der Waals surface area contributed by atoms with Crippen LogP contribution in [0, 0.1) is 0 Å². The minimum Gasteiger partial charge on any atom is -0.378 e. The normalized spacial score (nSPS) is 26.7. The van der Waals surface area contributed by atoms with Gasteiger partial charge in [0, 0.05) is 24.5 Å². The van der Waals surface area contributed by atoms with Gasteiger partial charge in [-0.2, -0.15) is 0 Å². The number of nitrogens with zero attached hydrogens (tertiary/aromatic N) is 1. The number of halogens is 1. The highest BCUT2D eigenvalue weighted by Gasteiger charge is 2.20. The predicted molar refractivity (Wildman–Crippen MR) is 54.8 cm³/mol. The smallest absolute Gasteiger partial charge is 0.0630 e. The van der Waals surface area contributed by atoms with Crippen molar-refractivity contribution in [3.8, 4) is 0 Å². The monoisotopic (exact) mass is 233 g/mol. The molecule has 0 radical (unpaired) electrons. The zero-order chi connectivity index (χ0) is 8.81. The predicted octanol–water partition coefficient (Wildman–Crippen LogP) is 1.66. The SMILES string of the molecule is C/C=C/CN1CCOCC1CBr. The van der Waals surface area contributed by atoms with Crippen LogP contribution in [0.2, 0.25) is 0 Å². The lowest BCUT2D eigenvalue weighted by molar-refractivity contribution is 0.00777. The molecule has 0 aromatic rings. The summed E-state index contributed by atoms with van der Waals surface area (Å²) < 4.78 is 5.39. The maximum absolute atomic E-state index is 5.39. The second-order valence-electron chi connectivity index (χ2n) is 2.95. The molecule has 0 saturated carbocycles. The fourth-order valence-corrected chi connectivity index (χ4v) is 1.91. The molecule has 1 aliphatic rings. The maximum Gasteiger partial charge on any atom is 0.0630 e. The van der Waals surface area contributed by atoms with Crippen molar-refractivity contribution < 1.29 is 4.74 Å². The lowest BCUT2D eigenvalue weighted by atomic mass is 10.2. The van der Waals surface area contributed by atoms with Crippen molar-refractivity contribution in [3.05, 3.63) is 12.2 Å². The Morgan fingerprint density at radius 3 is 3.17 bits per heavy atom. The van der Waals surface area contributed by atoms with Crippen LogP contribution in [0.1, 0.15) is 6.92 Å². The molecule has 1 atom stereocenters. The summed E-state index contributed by atoms with van der Waals surface area (Å²) in [6.45, 7) is 5.91. The van der Waals surface area contributed by atoms with Gasteiger partial charge in [0.2, 0.25) is 0 Å². The van der Waals surface area contributed by atoms with Crippen LogP contribution in [0.3, 0.4) is 0 Å². The molecule has 70 valence electrons. The number of hydrogen-bond acceptors (Lipinski definition) is 2. The molecule has 12 heavy (non-hydrogen) atoms. The first-order valence-corrected chi connectivity index (χ1v) is 5.49. The van der Waals surface area contributed by atoms with Gasteiger partial charge in [0.15, 0.2) is 0 Å². The Labute approximate surface area is 82.7 Å². The Kier molecular flexibility index (Phi) is 4.88. The topological polar surface area (TPSA) is 12.5 Å². The van der Waals surface area contributed by atoms with E-state index in [0.29, 0.717) is 6.04 Å². The van der Waals surface area contributed by atoms with Crippen LogP contribution >= 0.6 is 15.9 Å². The van der Waals surface area contributed by atoms with E-state index in [1.807, 2.05) is 0 Å². The zero-order valence-electron chi connectivity index (χ0n) is 7.50. The van der Waals surface area contributed by atoms with Gasteiger partial charge in [0.1, 0.15) is 0 Å². The average molecular weight is 234 g/mol. The second-order valence-corrected chi connectivity index (χ2v) is 3.59. The van der Waals surface area contributed by atoms with Crippen molar-refractivity contribution in [2.24, 2.45) is 0 Å². The summed E-state index contributed by atoms with van der Waals surface area (Å²) in [6.07, 6.45) is 4.29. The molecule has 1 unspecified atom stereocenters. The molecule has 1 heterocycles. The molecule has 0 aromatic heterocycles. The molecule has 0 bridgehead atoms. The Hall–Kier alpha value is 0.140. The summed E-state index contributed by atoms with van der Waals surface area (Å²) in [4.78, 5) is 2.44. The van der Waals surface area contributed by atoms with E-state index in [4.69, 9.17) is 4.74 Å². The van der Waals surface area contributed by atoms with Gasteiger partial charge in [0.05, 0.1) is 13.2 Å². The molecule has 0 N–H and O–H groups in total. The Morgan fingerprint density at radius 2 is 2.50 bits per heavy atom. The van der Waals surface area contributed by atoms with Crippen LogP contribution in [0.15, 0.2) is 12.2 Å². The van der Waals surface area contributed by atoms with Gasteiger partial charge < -0.3 is 4.74 Å². The standard InChI is InChI=1S/C9H16BrNO/c1-2-3-4-11-5-6-12-8-9(11)7-10/h2-3,9H,4-8H2,1H3/b3-2+. The molecule has 0 amide bonds. The van der Waals surface area contributed by atoms with Crippen molar-refractivity contribution in [2.75, 3.05) is 31.6 Å². The van der Waals surface area contributed by atoms with Gasteiger partial charge in [0.25, 0.3) is 0 Å². The summed E-state index contributed by atoms with van der Waals surface area (Å²) >= 11 is 3.50. The molecule has 2 nitrogen and oxygen atoms in total. The van der Waals surface area contributed by atoms with Gasteiger partial charge in [-0.25, -0.2) is 0 Å². The lowest BCUT2D eigenvalue weighted by Gasteiger charge is -2.33. The van der Waals surface area contributed by atoms with Gasteiger partial charge in [-0.15, -0.1) is 0 Å². The first-order chi connectivity index (χ1) is 5.88. The van der Waals surface area contributed by atoms with Crippen LogP contribution in [0.25, 0.3) is 0 Å². The van der Waals surface area contributed by atoms with Crippen LogP contribution in [0.4, 0.5) is 0 Å². The van der Waals surface area contributed by atoms with Crippen LogP contribution < -0.4 is 0 Å². The number of alkyl halides is 1. The van der Waals surface area contributed by atoms with Gasteiger partial charge in [-0.1, -0.05) is 28.1 Å². The second kappa shape index (κ2) is 5.73. The number of allylic oxidation sites excluding steroid dienone is 1. The molecule has 0 aromatic carbocycles. The van der Waals surface area contributed by atoms with E-state index < -0.39 is 0 Å². The largest absolute Gasteiger partial charge is 0.378 e. The summed E-state index contributed by atoms with van der Waals surface area (Å²) in [5, 5.41) is 1.00. The minimum atomic E-state index is 0.551. The molecule has 1 rings (SSSR count). The molecule has 0 aliphatic carbocycles. The average Bonchev–Trinajstić information content (AvgIpc) is 2.15. The number of hydrogen-bond donors (Lipinski definition) is 0. The molecular formula is C9H16BrNO. The van der Waals surface area contributed by atoms with Gasteiger partial charge in [-0.3, -0.25) is 4.90 Å². The summed E-state index contributed by atoms with van der Waals surface area (Å²) in [5.74, 6) is 0. The summed E-state index contributed by atoms with van der Waals surface area (Å²) in [5.41, 5.74) is 0. The maximum atomic E-state index is 5.39. The highest BCUT2D eigenvalue weighted by molar-refractivity contribution is 9.09. The van der Waals surface area contributed by atoms with E-state index in [9.17, 15) is 0 Å². The minimum absolute atomic E-state index is 0.551. The van der Waals surface area contributed by atoms with E-state index in [0.717, 1.165) is 31.6 Å². The van der Waals surface area contributed by atoms with Crippen molar-refractivity contribution in [1.29, 1.82) is 0 Å². The fraction of sp³-hybridized carbons (Fsp3) is 0.778. The number of rotatable bonds is 3. The number of ether oxygens (including phenoxy) is 1. The van der Waals surface area contributed by atoms with E-state index in [1.165, 1.54) is 0 Å². The van der Waals surface area contributed by atoms with Crippen LogP contribution in [-0.4, -0.2) is 42.6 Å². The zero-order valence-corrected chi connectivity index (χ0v) is 9.09. The van der Waals surface area contributed by atoms with E-state index >= 15 is 0 Å². The molecule has 1 fully saturated rings. The molecular weight excluding hydrogens is 218 g/mol. The van der Waals surface area contributed by atoms with Crippen LogP contribution in [0.5, 0.6) is 0 Å². The van der Waals surface area contributed by atoms with Crippen molar-refractivity contribution in [3.63, 3.8) is 0 Å². The Morgan fingerprint density at radius 1 is 1.67 bits per heavy atom. The Balaban J connectivity index is 2.36. The van der Waals surface area contributed by atoms with Crippen molar-refractivity contribution >= 4 is 15.9 Å². The highest BCUT2D eigenvalue weighted by Crippen LogP contribution is 2.08. The first kappa shape index (κ1) is 10.2. The quantitative estimate of drug-likeness (QED) is 0.544. The fourth-order valence-electron chi connectivity index (χ4n) is 1.31. The summed E-state index contributed by atoms with van der Waals surface area (Å²) in [7, 11) is 0. The van der Waals surface area contributed by atoms with E-state index in [-0.39, 0.29) is 0 Å². The third-order valence-corrected chi connectivity index (χ3v) is 2.85. The Bertz CT molecular complexity index is 149. The lowest BCUT2D eigenvalue weighted by Crippen LogP contribution is -2.46. The van der Waals surface area contributed by atoms with E-state index in [1.54, 1.807) is 0 Å². The van der Waals surface area contributed by atoms with Gasteiger partial charge >= 0.3 is 0 Å². The molecule has 1 saturated heterocycles. The number of morpholine rings is 1. The van der Waals surface area contributed by atoms with Crippen LogP contribution in [-0.2, 0) is 4.74 Å². The third kappa shape index (κ3) is 2.88.